The van der Waals surface area contributed by atoms with E-state index in [1.54, 1.807) is 0 Å². The average Bonchev–Trinajstić information content (AvgIpc) is 2.43. The lowest BCUT2D eigenvalue weighted by Crippen LogP contribution is -2.15. The second-order valence-corrected chi connectivity index (χ2v) is 4.88. The molecule has 3 nitrogen and oxygen atoms in total. The Morgan fingerprint density at radius 1 is 1.16 bits per heavy atom. The second-order valence-electron chi connectivity index (χ2n) is 4.88. The van der Waals surface area contributed by atoms with Gasteiger partial charge in [0.25, 0.3) is 0 Å². The minimum Gasteiger partial charge on any atom is -0.494 e. The topological polar surface area (TPSA) is 47.3 Å². The lowest BCUT2D eigenvalue weighted by atomic mass is 10.2. The number of nitrogens with one attached hydrogen (secondary N) is 1. The molecule has 0 spiro atoms. The van der Waals surface area contributed by atoms with Crippen molar-refractivity contribution in [1.29, 1.82) is 0 Å². The maximum absolute atomic E-state index is 5.70. The molecule has 0 aliphatic rings. The Bertz CT molecular complexity index is 328. The Hall–Kier alpha value is -1.06. The van der Waals surface area contributed by atoms with Gasteiger partial charge in [-0.3, -0.25) is 0 Å². The summed E-state index contributed by atoms with van der Waals surface area (Å²) in [5.41, 5.74) is 6.75. The summed E-state index contributed by atoms with van der Waals surface area (Å²) in [6, 6.07) is 8.36. The van der Waals surface area contributed by atoms with Gasteiger partial charge >= 0.3 is 0 Å². The third-order valence-corrected chi connectivity index (χ3v) is 3.05. The van der Waals surface area contributed by atoms with E-state index in [1.807, 2.05) is 6.07 Å². The first-order valence-corrected chi connectivity index (χ1v) is 7.49. The molecule has 0 unspecified atom stereocenters. The van der Waals surface area contributed by atoms with E-state index in [2.05, 4.69) is 30.4 Å². The van der Waals surface area contributed by atoms with Crippen LogP contribution in [0.1, 0.15) is 44.6 Å². The van der Waals surface area contributed by atoms with Crippen molar-refractivity contribution in [3.63, 3.8) is 0 Å². The van der Waals surface area contributed by atoms with Gasteiger partial charge in [-0.25, -0.2) is 0 Å². The van der Waals surface area contributed by atoms with Gasteiger partial charge < -0.3 is 15.8 Å². The van der Waals surface area contributed by atoms with E-state index in [-0.39, 0.29) is 0 Å². The van der Waals surface area contributed by atoms with Crippen LogP contribution in [0.4, 0.5) is 0 Å². The minimum atomic E-state index is 0.803. The number of hydrogen-bond donors (Lipinski definition) is 2. The maximum Gasteiger partial charge on any atom is 0.119 e. The molecule has 0 bridgehead atoms. The van der Waals surface area contributed by atoms with Crippen molar-refractivity contribution in [2.75, 3.05) is 19.7 Å². The zero-order chi connectivity index (χ0) is 13.8. The zero-order valence-electron chi connectivity index (χ0n) is 12.2. The highest BCUT2D eigenvalue weighted by Gasteiger charge is 1.97. The van der Waals surface area contributed by atoms with Gasteiger partial charge in [0, 0.05) is 6.54 Å². The molecule has 0 heterocycles. The van der Waals surface area contributed by atoms with Gasteiger partial charge in [0.15, 0.2) is 0 Å². The molecule has 3 N–H and O–H groups in total. The number of unbranched alkanes of at least 4 members (excludes halogenated alkanes) is 3. The molecule has 1 rings (SSSR count). The Morgan fingerprint density at radius 2 is 2.05 bits per heavy atom. The average molecular weight is 264 g/mol. The van der Waals surface area contributed by atoms with Gasteiger partial charge in [0.05, 0.1) is 6.61 Å². The van der Waals surface area contributed by atoms with Gasteiger partial charge in [0.1, 0.15) is 5.75 Å². The van der Waals surface area contributed by atoms with E-state index in [0.717, 1.165) is 44.8 Å². The van der Waals surface area contributed by atoms with Crippen LogP contribution >= 0.6 is 0 Å². The monoisotopic (exact) mass is 264 g/mol. The third-order valence-electron chi connectivity index (χ3n) is 3.05. The zero-order valence-corrected chi connectivity index (χ0v) is 12.2. The number of ether oxygens (including phenoxy) is 1. The standard InChI is InChI=1S/C16H28N2O/c1-2-3-12-19-16-9-7-8-15(13-16)14-18-11-6-4-5-10-17/h7-9,13,18H,2-6,10-12,14,17H2,1H3. The fraction of sp³-hybridized carbons (Fsp3) is 0.625. The molecule has 1 aromatic carbocycles. The van der Waals surface area contributed by atoms with Gasteiger partial charge in [-0.15, -0.1) is 0 Å². The lowest BCUT2D eigenvalue weighted by Gasteiger charge is -2.08. The first-order valence-electron chi connectivity index (χ1n) is 7.49. The van der Waals surface area contributed by atoms with Crippen LogP contribution in [0.5, 0.6) is 5.75 Å². The summed E-state index contributed by atoms with van der Waals surface area (Å²) in [6.07, 6.45) is 5.82. The van der Waals surface area contributed by atoms with E-state index >= 15 is 0 Å². The first-order chi connectivity index (χ1) is 9.36. The molecule has 19 heavy (non-hydrogen) atoms. The predicted octanol–water partition coefficient (Wildman–Crippen LogP) is 3.08. The van der Waals surface area contributed by atoms with E-state index < -0.39 is 0 Å². The van der Waals surface area contributed by atoms with Crippen LogP contribution in [-0.4, -0.2) is 19.7 Å². The number of benzene rings is 1. The van der Waals surface area contributed by atoms with Crippen molar-refractivity contribution in [3.05, 3.63) is 29.8 Å². The van der Waals surface area contributed by atoms with Crippen LogP contribution < -0.4 is 15.8 Å². The molecule has 0 aliphatic carbocycles. The summed E-state index contributed by atoms with van der Waals surface area (Å²) in [5, 5.41) is 3.46. The van der Waals surface area contributed by atoms with Gasteiger partial charge in [-0.2, -0.15) is 0 Å². The van der Waals surface area contributed by atoms with Gasteiger partial charge in [-0.05, 0) is 50.0 Å². The number of hydrogen-bond acceptors (Lipinski definition) is 3. The Kier molecular flexibility index (Phi) is 9.11. The van der Waals surface area contributed by atoms with Crippen LogP contribution in [0.2, 0.25) is 0 Å². The molecule has 108 valence electrons. The first kappa shape index (κ1) is 16.0. The molecule has 0 fully saturated rings. The largest absolute Gasteiger partial charge is 0.494 e. The molecule has 0 saturated heterocycles. The van der Waals surface area contributed by atoms with Crippen molar-refractivity contribution in [2.45, 2.75) is 45.6 Å². The van der Waals surface area contributed by atoms with E-state index in [1.165, 1.54) is 24.8 Å². The molecule has 3 heteroatoms. The highest BCUT2D eigenvalue weighted by atomic mass is 16.5. The van der Waals surface area contributed by atoms with Crippen molar-refractivity contribution < 1.29 is 4.74 Å². The molecular weight excluding hydrogens is 236 g/mol. The molecule has 1 aromatic rings. The Balaban J connectivity index is 2.20. The summed E-state index contributed by atoms with van der Waals surface area (Å²) in [6.45, 7) is 5.76. The van der Waals surface area contributed by atoms with Crippen molar-refractivity contribution >= 4 is 0 Å². The Morgan fingerprint density at radius 3 is 2.84 bits per heavy atom. The Labute approximate surface area is 117 Å². The third kappa shape index (κ3) is 7.85. The number of rotatable bonds is 11. The van der Waals surface area contributed by atoms with E-state index in [4.69, 9.17) is 10.5 Å². The van der Waals surface area contributed by atoms with Crippen LogP contribution in [0, 0.1) is 0 Å². The van der Waals surface area contributed by atoms with Crippen molar-refractivity contribution in [1.82, 2.24) is 5.32 Å². The van der Waals surface area contributed by atoms with Crippen LogP contribution in [0.25, 0.3) is 0 Å². The summed E-state index contributed by atoms with van der Waals surface area (Å²) in [4.78, 5) is 0. The van der Waals surface area contributed by atoms with E-state index in [9.17, 15) is 0 Å². The van der Waals surface area contributed by atoms with Gasteiger partial charge in [-0.1, -0.05) is 31.9 Å². The summed E-state index contributed by atoms with van der Waals surface area (Å²) in [7, 11) is 0. The van der Waals surface area contributed by atoms with E-state index in [0.29, 0.717) is 0 Å². The van der Waals surface area contributed by atoms with Crippen molar-refractivity contribution in [2.24, 2.45) is 5.73 Å². The molecule has 0 atom stereocenters. The fourth-order valence-electron chi connectivity index (χ4n) is 1.88. The summed E-state index contributed by atoms with van der Waals surface area (Å²) >= 11 is 0. The summed E-state index contributed by atoms with van der Waals surface area (Å²) < 4.78 is 5.70. The second kappa shape index (κ2) is 10.8. The van der Waals surface area contributed by atoms with Crippen molar-refractivity contribution in [3.8, 4) is 5.75 Å². The summed E-state index contributed by atoms with van der Waals surface area (Å²) in [5.74, 6) is 0.982. The quantitative estimate of drug-likeness (QED) is 0.604. The van der Waals surface area contributed by atoms with Crippen LogP contribution in [0.15, 0.2) is 24.3 Å². The molecule has 0 aromatic heterocycles. The molecule has 0 radical (unpaired) electrons. The van der Waals surface area contributed by atoms with Crippen LogP contribution in [0.3, 0.4) is 0 Å². The maximum atomic E-state index is 5.70. The molecule has 0 amide bonds. The lowest BCUT2D eigenvalue weighted by molar-refractivity contribution is 0.309. The predicted molar refractivity (Wildman–Crippen MR) is 81.5 cm³/mol. The fourth-order valence-corrected chi connectivity index (χ4v) is 1.88. The normalized spacial score (nSPS) is 10.6. The SMILES string of the molecule is CCCCOc1cccc(CNCCCCCN)c1. The molecule has 0 aliphatic heterocycles. The van der Waals surface area contributed by atoms with Crippen LogP contribution in [-0.2, 0) is 6.54 Å². The smallest absolute Gasteiger partial charge is 0.119 e. The number of nitrogens with two attached hydrogens (primary N) is 1. The highest BCUT2D eigenvalue weighted by Crippen LogP contribution is 2.13. The minimum absolute atomic E-state index is 0.803. The van der Waals surface area contributed by atoms with Gasteiger partial charge in [0.2, 0.25) is 0 Å². The highest BCUT2D eigenvalue weighted by molar-refractivity contribution is 5.28. The molecular formula is C16H28N2O. The molecule has 0 saturated carbocycles.